The minimum atomic E-state index is -0.707. The molecule has 1 amide bonds. The normalized spacial score (nSPS) is 22.3. The van der Waals surface area contributed by atoms with Crippen LogP contribution in [0, 0.1) is 6.92 Å². The van der Waals surface area contributed by atoms with Crippen LogP contribution in [0.5, 0.6) is 0 Å². The lowest BCUT2D eigenvalue weighted by molar-refractivity contribution is -0.121. The van der Waals surface area contributed by atoms with Gasteiger partial charge in [0.05, 0.1) is 5.60 Å². The van der Waals surface area contributed by atoms with Crippen LogP contribution in [0.4, 0.5) is 0 Å². The van der Waals surface area contributed by atoms with Crippen LogP contribution in [0.2, 0.25) is 0 Å². The zero-order chi connectivity index (χ0) is 14.4. The third-order valence-corrected chi connectivity index (χ3v) is 4.62. The van der Waals surface area contributed by atoms with E-state index in [0.717, 1.165) is 17.7 Å². The van der Waals surface area contributed by atoms with E-state index in [1.165, 1.54) is 5.56 Å². The van der Waals surface area contributed by atoms with Crippen LogP contribution < -0.4 is 5.32 Å². The fourth-order valence-electron chi connectivity index (χ4n) is 2.05. The van der Waals surface area contributed by atoms with E-state index in [1.54, 1.807) is 11.8 Å². The lowest BCUT2D eigenvalue weighted by atomic mass is 10.0. The van der Waals surface area contributed by atoms with Crippen molar-refractivity contribution in [3.63, 3.8) is 0 Å². The first-order valence-corrected chi connectivity index (χ1v) is 8.03. The fraction of sp³-hybridized carbons (Fsp3) is 0.438. The van der Waals surface area contributed by atoms with Gasteiger partial charge in [-0.05, 0) is 24.7 Å². The Morgan fingerprint density at radius 3 is 2.85 bits per heavy atom. The van der Waals surface area contributed by atoms with Gasteiger partial charge in [0.15, 0.2) is 0 Å². The standard InChI is InChI=1S/C16H21NO2S/c1-13-5-7-14(8-6-13)3-2-4-15(18)17-11-16(19)9-10-20-12-16/h2-3,5-8,19H,4,9-12H2,1H3,(H,17,18). The van der Waals surface area contributed by atoms with Crippen molar-refractivity contribution in [3.05, 3.63) is 41.5 Å². The molecule has 108 valence electrons. The van der Waals surface area contributed by atoms with E-state index in [1.807, 2.05) is 43.3 Å². The number of carbonyl (C=O) groups is 1. The Kier molecular flexibility index (Phi) is 5.26. The molecule has 20 heavy (non-hydrogen) atoms. The predicted octanol–water partition coefficient (Wildman–Crippen LogP) is 2.38. The van der Waals surface area contributed by atoms with E-state index in [2.05, 4.69) is 5.32 Å². The van der Waals surface area contributed by atoms with Gasteiger partial charge in [0.2, 0.25) is 5.91 Å². The monoisotopic (exact) mass is 291 g/mol. The molecule has 0 aromatic heterocycles. The molecule has 1 heterocycles. The number of rotatable bonds is 5. The Bertz CT molecular complexity index is 476. The van der Waals surface area contributed by atoms with Gasteiger partial charge < -0.3 is 10.4 Å². The van der Waals surface area contributed by atoms with Crippen molar-refractivity contribution in [2.45, 2.75) is 25.4 Å². The van der Waals surface area contributed by atoms with Crippen LogP contribution >= 0.6 is 11.8 Å². The summed E-state index contributed by atoms with van der Waals surface area (Å²) in [5, 5.41) is 12.9. The van der Waals surface area contributed by atoms with Crippen molar-refractivity contribution in [2.24, 2.45) is 0 Å². The summed E-state index contributed by atoms with van der Waals surface area (Å²) in [7, 11) is 0. The predicted molar refractivity (Wildman–Crippen MR) is 84.7 cm³/mol. The van der Waals surface area contributed by atoms with Gasteiger partial charge in [-0.2, -0.15) is 11.8 Å². The highest BCUT2D eigenvalue weighted by atomic mass is 32.2. The number of carbonyl (C=O) groups excluding carboxylic acids is 1. The molecule has 1 aromatic carbocycles. The van der Waals surface area contributed by atoms with Crippen LogP contribution in [-0.4, -0.2) is 34.7 Å². The molecule has 0 radical (unpaired) electrons. The summed E-state index contributed by atoms with van der Waals surface area (Å²) >= 11 is 1.73. The summed E-state index contributed by atoms with van der Waals surface area (Å²) in [5.74, 6) is 1.64. The Morgan fingerprint density at radius 2 is 2.20 bits per heavy atom. The van der Waals surface area contributed by atoms with Gasteiger partial charge in [-0.15, -0.1) is 0 Å². The summed E-state index contributed by atoms with van der Waals surface area (Å²) in [5.41, 5.74) is 1.61. The smallest absolute Gasteiger partial charge is 0.223 e. The Morgan fingerprint density at radius 1 is 1.45 bits per heavy atom. The molecule has 0 spiro atoms. The molecule has 2 rings (SSSR count). The molecule has 0 aliphatic carbocycles. The van der Waals surface area contributed by atoms with Gasteiger partial charge in [-0.1, -0.05) is 42.0 Å². The number of benzene rings is 1. The molecule has 0 saturated carbocycles. The molecule has 3 nitrogen and oxygen atoms in total. The molecule has 2 N–H and O–H groups in total. The molecule has 4 heteroatoms. The minimum absolute atomic E-state index is 0.0429. The molecule has 1 aliphatic heterocycles. The highest BCUT2D eigenvalue weighted by Crippen LogP contribution is 2.26. The molecule has 1 saturated heterocycles. The average Bonchev–Trinajstić information content (AvgIpc) is 2.86. The number of aryl methyl sites for hydroxylation is 1. The van der Waals surface area contributed by atoms with Crippen molar-refractivity contribution < 1.29 is 9.90 Å². The van der Waals surface area contributed by atoms with Gasteiger partial charge in [0, 0.05) is 18.7 Å². The van der Waals surface area contributed by atoms with E-state index >= 15 is 0 Å². The quantitative estimate of drug-likeness (QED) is 0.876. The van der Waals surface area contributed by atoms with Crippen molar-refractivity contribution in [3.8, 4) is 0 Å². The van der Waals surface area contributed by atoms with Crippen molar-refractivity contribution in [1.82, 2.24) is 5.32 Å². The van der Waals surface area contributed by atoms with E-state index in [0.29, 0.717) is 18.7 Å². The first-order valence-electron chi connectivity index (χ1n) is 6.87. The molecule has 0 bridgehead atoms. The van der Waals surface area contributed by atoms with E-state index in [9.17, 15) is 9.90 Å². The second-order valence-corrected chi connectivity index (χ2v) is 6.43. The van der Waals surface area contributed by atoms with Gasteiger partial charge in [-0.25, -0.2) is 0 Å². The molecule has 1 aromatic rings. The molecular weight excluding hydrogens is 270 g/mol. The van der Waals surface area contributed by atoms with Gasteiger partial charge >= 0.3 is 0 Å². The average molecular weight is 291 g/mol. The number of amides is 1. The van der Waals surface area contributed by atoms with Crippen molar-refractivity contribution in [2.75, 3.05) is 18.1 Å². The van der Waals surface area contributed by atoms with Crippen LogP contribution in [0.1, 0.15) is 24.0 Å². The van der Waals surface area contributed by atoms with Crippen LogP contribution in [0.25, 0.3) is 6.08 Å². The van der Waals surface area contributed by atoms with Gasteiger partial charge in [-0.3, -0.25) is 4.79 Å². The zero-order valence-corrected chi connectivity index (χ0v) is 12.6. The van der Waals surface area contributed by atoms with Crippen molar-refractivity contribution in [1.29, 1.82) is 0 Å². The SMILES string of the molecule is Cc1ccc(C=CCC(=O)NCC2(O)CCSC2)cc1. The van der Waals surface area contributed by atoms with Gasteiger partial charge in [0.1, 0.15) is 0 Å². The molecular formula is C16H21NO2S. The lowest BCUT2D eigenvalue weighted by Gasteiger charge is -2.21. The third kappa shape index (κ3) is 4.69. The third-order valence-electron chi connectivity index (χ3n) is 3.39. The second-order valence-electron chi connectivity index (χ2n) is 5.32. The highest BCUT2D eigenvalue weighted by Gasteiger charge is 2.31. The lowest BCUT2D eigenvalue weighted by Crippen LogP contribution is -2.42. The van der Waals surface area contributed by atoms with Crippen LogP contribution in [-0.2, 0) is 4.79 Å². The molecule has 1 unspecified atom stereocenters. The number of nitrogens with one attached hydrogen (secondary N) is 1. The van der Waals surface area contributed by atoms with Crippen LogP contribution in [0.3, 0.4) is 0 Å². The molecule has 1 aliphatic rings. The largest absolute Gasteiger partial charge is 0.387 e. The van der Waals surface area contributed by atoms with Gasteiger partial charge in [0.25, 0.3) is 0 Å². The maximum atomic E-state index is 11.7. The summed E-state index contributed by atoms with van der Waals surface area (Å²) in [6, 6.07) is 8.16. The Balaban J connectivity index is 1.73. The summed E-state index contributed by atoms with van der Waals surface area (Å²) in [4.78, 5) is 11.7. The molecule has 1 fully saturated rings. The topological polar surface area (TPSA) is 49.3 Å². The Labute approximate surface area is 124 Å². The van der Waals surface area contributed by atoms with Crippen molar-refractivity contribution >= 4 is 23.7 Å². The number of aliphatic hydroxyl groups is 1. The minimum Gasteiger partial charge on any atom is -0.387 e. The summed E-state index contributed by atoms with van der Waals surface area (Å²) in [6.45, 7) is 2.41. The first kappa shape index (κ1) is 15.1. The fourth-order valence-corrected chi connectivity index (χ4v) is 3.35. The van der Waals surface area contributed by atoms with E-state index in [-0.39, 0.29) is 5.91 Å². The molecule has 1 atom stereocenters. The second kappa shape index (κ2) is 6.95. The van der Waals surface area contributed by atoms with Crippen LogP contribution in [0.15, 0.2) is 30.3 Å². The first-order chi connectivity index (χ1) is 9.57. The number of thioether (sulfide) groups is 1. The van der Waals surface area contributed by atoms with E-state index < -0.39 is 5.60 Å². The number of hydrogen-bond acceptors (Lipinski definition) is 3. The summed E-state index contributed by atoms with van der Waals surface area (Å²) in [6.07, 6.45) is 4.90. The highest BCUT2D eigenvalue weighted by molar-refractivity contribution is 7.99. The number of hydrogen-bond donors (Lipinski definition) is 2. The maximum Gasteiger partial charge on any atom is 0.223 e. The Hall–Kier alpha value is -1.26. The van der Waals surface area contributed by atoms with E-state index in [4.69, 9.17) is 0 Å². The maximum absolute atomic E-state index is 11.7. The summed E-state index contributed by atoms with van der Waals surface area (Å²) < 4.78 is 0. The zero-order valence-electron chi connectivity index (χ0n) is 11.8.